The van der Waals surface area contributed by atoms with Crippen LogP contribution in [-0.4, -0.2) is 25.0 Å². The zero-order valence-electron chi connectivity index (χ0n) is 7.06. The number of likely N-dealkylation sites (tertiary alicyclic amines) is 1. The summed E-state index contributed by atoms with van der Waals surface area (Å²) in [7, 11) is 2.25. The SMILES string of the molecule is CC1CCC12CCN(C)C2. The van der Waals surface area contributed by atoms with E-state index in [1.165, 1.54) is 32.4 Å². The van der Waals surface area contributed by atoms with Crippen LogP contribution in [0.2, 0.25) is 0 Å². The minimum Gasteiger partial charge on any atom is -0.306 e. The Kier molecular flexibility index (Phi) is 1.31. The Labute approximate surface area is 63.4 Å². The van der Waals surface area contributed by atoms with Gasteiger partial charge in [-0.05, 0) is 44.2 Å². The van der Waals surface area contributed by atoms with Gasteiger partial charge >= 0.3 is 0 Å². The molecular weight excluding hydrogens is 122 g/mol. The Morgan fingerprint density at radius 3 is 2.40 bits per heavy atom. The van der Waals surface area contributed by atoms with E-state index in [0.717, 1.165) is 11.3 Å². The summed E-state index contributed by atoms with van der Waals surface area (Å²) in [6.07, 6.45) is 4.44. The first-order valence-corrected chi connectivity index (χ1v) is 4.41. The predicted octanol–water partition coefficient (Wildman–Crippen LogP) is 1.74. The standard InChI is InChI=1S/C9H17N/c1-8-3-4-9(8)5-6-10(2)7-9/h8H,3-7H2,1-2H3. The summed E-state index contributed by atoms with van der Waals surface area (Å²) in [4.78, 5) is 2.48. The van der Waals surface area contributed by atoms with Crippen LogP contribution in [0.1, 0.15) is 26.2 Å². The fourth-order valence-electron chi connectivity index (χ4n) is 2.56. The molecule has 2 fully saturated rings. The second-order valence-corrected chi connectivity index (χ2v) is 4.29. The average molecular weight is 139 g/mol. The molecule has 10 heavy (non-hydrogen) atoms. The van der Waals surface area contributed by atoms with E-state index < -0.39 is 0 Å². The van der Waals surface area contributed by atoms with Crippen LogP contribution in [0.4, 0.5) is 0 Å². The summed E-state index contributed by atoms with van der Waals surface area (Å²) in [6.45, 7) is 5.13. The summed E-state index contributed by atoms with van der Waals surface area (Å²) in [5, 5.41) is 0. The molecule has 2 aliphatic rings. The fourth-order valence-corrected chi connectivity index (χ4v) is 2.56. The van der Waals surface area contributed by atoms with E-state index in [2.05, 4.69) is 18.9 Å². The second kappa shape index (κ2) is 1.97. The van der Waals surface area contributed by atoms with Crippen LogP contribution in [0.3, 0.4) is 0 Å². The number of hydrogen-bond donors (Lipinski definition) is 0. The van der Waals surface area contributed by atoms with Gasteiger partial charge in [0.25, 0.3) is 0 Å². The molecule has 0 amide bonds. The van der Waals surface area contributed by atoms with Crippen LogP contribution < -0.4 is 0 Å². The Morgan fingerprint density at radius 1 is 1.40 bits per heavy atom. The molecule has 1 spiro atoms. The molecule has 2 atom stereocenters. The smallest absolute Gasteiger partial charge is 0.00380 e. The van der Waals surface area contributed by atoms with Gasteiger partial charge in [0.05, 0.1) is 0 Å². The van der Waals surface area contributed by atoms with Crippen LogP contribution in [0.5, 0.6) is 0 Å². The Balaban J connectivity index is 2.04. The maximum Gasteiger partial charge on any atom is 0.00380 e. The normalized spacial score (nSPS) is 48.0. The van der Waals surface area contributed by atoms with Crippen LogP contribution in [0.15, 0.2) is 0 Å². The number of nitrogens with zero attached hydrogens (tertiary/aromatic N) is 1. The van der Waals surface area contributed by atoms with Crippen molar-refractivity contribution in [2.24, 2.45) is 11.3 Å². The highest BCUT2D eigenvalue weighted by Crippen LogP contribution is 2.52. The van der Waals surface area contributed by atoms with Gasteiger partial charge in [0, 0.05) is 6.54 Å². The molecule has 2 rings (SSSR count). The minimum atomic E-state index is 0.773. The van der Waals surface area contributed by atoms with Crippen LogP contribution in [0, 0.1) is 11.3 Å². The lowest BCUT2D eigenvalue weighted by Crippen LogP contribution is -2.40. The molecule has 1 saturated carbocycles. The third-order valence-electron chi connectivity index (χ3n) is 3.70. The maximum atomic E-state index is 2.48. The molecule has 0 aromatic heterocycles. The van der Waals surface area contributed by atoms with Gasteiger partial charge in [-0.3, -0.25) is 0 Å². The van der Waals surface area contributed by atoms with Gasteiger partial charge in [-0.1, -0.05) is 6.92 Å². The molecule has 0 bridgehead atoms. The number of hydrogen-bond acceptors (Lipinski definition) is 1. The summed E-state index contributed by atoms with van der Waals surface area (Å²) >= 11 is 0. The van der Waals surface area contributed by atoms with Crippen molar-refractivity contribution in [2.45, 2.75) is 26.2 Å². The molecule has 0 aromatic rings. The van der Waals surface area contributed by atoms with Gasteiger partial charge in [-0.2, -0.15) is 0 Å². The van der Waals surface area contributed by atoms with Crippen molar-refractivity contribution in [3.05, 3.63) is 0 Å². The molecule has 1 heterocycles. The van der Waals surface area contributed by atoms with E-state index in [4.69, 9.17) is 0 Å². The molecule has 1 saturated heterocycles. The second-order valence-electron chi connectivity index (χ2n) is 4.29. The monoisotopic (exact) mass is 139 g/mol. The van der Waals surface area contributed by atoms with Crippen LogP contribution >= 0.6 is 0 Å². The van der Waals surface area contributed by atoms with E-state index in [9.17, 15) is 0 Å². The third-order valence-corrected chi connectivity index (χ3v) is 3.70. The largest absolute Gasteiger partial charge is 0.306 e. The van der Waals surface area contributed by atoms with Gasteiger partial charge in [-0.25, -0.2) is 0 Å². The highest BCUT2D eigenvalue weighted by Gasteiger charge is 2.47. The Hall–Kier alpha value is -0.0400. The first kappa shape index (κ1) is 6.66. The van der Waals surface area contributed by atoms with Gasteiger partial charge in [0.15, 0.2) is 0 Å². The van der Waals surface area contributed by atoms with Crippen molar-refractivity contribution in [3.63, 3.8) is 0 Å². The Morgan fingerprint density at radius 2 is 2.20 bits per heavy atom. The third kappa shape index (κ3) is 0.731. The minimum absolute atomic E-state index is 0.773. The first-order chi connectivity index (χ1) is 4.73. The fraction of sp³-hybridized carbons (Fsp3) is 1.00. The van der Waals surface area contributed by atoms with Crippen LogP contribution in [-0.2, 0) is 0 Å². The lowest BCUT2D eigenvalue weighted by Gasteiger charge is -2.45. The molecular formula is C9H17N. The topological polar surface area (TPSA) is 3.24 Å². The van der Waals surface area contributed by atoms with Crippen molar-refractivity contribution in [1.29, 1.82) is 0 Å². The molecule has 1 nitrogen and oxygen atoms in total. The van der Waals surface area contributed by atoms with Crippen molar-refractivity contribution in [2.75, 3.05) is 20.1 Å². The van der Waals surface area contributed by atoms with E-state index in [1.54, 1.807) is 0 Å². The molecule has 1 heteroatoms. The Bertz CT molecular complexity index is 144. The van der Waals surface area contributed by atoms with Gasteiger partial charge in [0.2, 0.25) is 0 Å². The highest BCUT2D eigenvalue weighted by atomic mass is 15.1. The zero-order chi connectivity index (χ0) is 7.19. The van der Waals surface area contributed by atoms with Crippen molar-refractivity contribution in [3.8, 4) is 0 Å². The summed E-state index contributed by atoms with van der Waals surface area (Å²) in [5.74, 6) is 1.01. The summed E-state index contributed by atoms with van der Waals surface area (Å²) in [6, 6.07) is 0. The molecule has 2 unspecified atom stereocenters. The highest BCUT2D eigenvalue weighted by molar-refractivity contribution is 4.99. The summed E-state index contributed by atoms with van der Waals surface area (Å²) < 4.78 is 0. The van der Waals surface area contributed by atoms with Gasteiger partial charge < -0.3 is 4.90 Å². The molecule has 1 aliphatic carbocycles. The molecule has 0 radical (unpaired) electrons. The lowest BCUT2D eigenvalue weighted by atomic mass is 9.60. The van der Waals surface area contributed by atoms with Gasteiger partial charge in [0.1, 0.15) is 0 Å². The van der Waals surface area contributed by atoms with Crippen LogP contribution in [0.25, 0.3) is 0 Å². The lowest BCUT2D eigenvalue weighted by molar-refractivity contribution is 0.0566. The quantitative estimate of drug-likeness (QED) is 0.494. The predicted molar refractivity (Wildman–Crippen MR) is 42.9 cm³/mol. The van der Waals surface area contributed by atoms with E-state index >= 15 is 0 Å². The molecule has 0 N–H and O–H groups in total. The first-order valence-electron chi connectivity index (χ1n) is 4.41. The number of rotatable bonds is 0. The van der Waals surface area contributed by atoms with Crippen molar-refractivity contribution in [1.82, 2.24) is 4.90 Å². The average Bonchev–Trinajstić information content (AvgIpc) is 2.31. The van der Waals surface area contributed by atoms with Gasteiger partial charge in [-0.15, -0.1) is 0 Å². The molecule has 0 aromatic carbocycles. The van der Waals surface area contributed by atoms with E-state index in [-0.39, 0.29) is 0 Å². The van der Waals surface area contributed by atoms with E-state index in [1.807, 2.05) is 0 Å². The summed E-state index contributed by atoms with van der Waals surface area (Å²) in [5.41, 5.74) is 0.773. The molecule has 58 valence electrons. The molecule has 1 aliphatic heterocycles. The maximum absolute atomic E-state index is 2.48. The van der Waals surface area contributed by atoms with Crippen molar-refractivity contribution < 1.29 is 0 Å². The van der Waals surface area contributed by atoms with Crippen molar-refractivity contribution >= 4 is 0 Å². The zero-order valence-corrected chi connectivity index (χ0v) is 7.06. The van der Waals surface area contributed by atoms with E-state index in [0.29, 0.717) is 0 Å².